The van der Waals surface area contributed by atoms with E-state index in [1.54, 1.807) is 6.07 Å². The average Bonchev–Trinajstić information content (AvgIpc) is 2.42. The number of benzene rings is 1. The molecule has 3 saturated heterocycles. The fraction of sp³-hybridized carbons (Fsp3) is 0.533. The lowest BCUT2D eigenvalue weighted by molar-refractivity contribution is 0.0696. The quantitative estimate of drug-likeness (QED) is 0.875. The fourth-order valence-electron chi connectivity index (χ4n) is 3.35. The van der Waals surface area contributed by atoms with Crippen LogP contribution in [0, 0.1) is 12.8 Å². The summed E-state index contributed by atoms with van der Waals surface area (Å²) in [6.45, 7) is 5.41. The topological polar surface area (TPSA) is 52.6 Å². The number of hydrogen-bond donors (Lipinski definition) is 2. The first-order valence-corrected chi connectivity index (χ1v) is 6.97. The standard InChI is InChI=1S/C15H20N2O2/c1-10-12(15(18)19)3-2-4-13(10)16-14-9-17-7-5-11(14)6-8-17/h2-4,11,14,16H,5-9H2,1H3,(H,18,19). The second-order valence-corrected chi connectivity index (χ2v) is 5.67. The SMILES string of the molecule is Cc1c(NC2CN3CCC2CC3)cccc1C(=O)O. The fourth-order valence-corrected chi connectivity index (χ4v) is 3.35. The lowest BCUT2D eigenvalue weighted by Crippen LogP contribution is -2.53. The molecule has 2 N–H and O–H groups in total. The smallest absolute Gasteiger partial charge is 0.336 e. The molecule has 1 aromatic rings. The van der Waals surface area contributed by atoms with Gasteiger partial charge in [0.25, 0.3) is 0 Å². The molecule has 0 radical (unpaired) electrons. The van der Waals surface area contributed by atoms with Crippen molar-refractivity contribution in [3.05, 3.63) is 29.3 Å². The highest BCUT2D eigenvalue weighted by Crippen LogP contribution is 2.31. The van der Waals surface area contributed by atoms with Crippen LogP contribution in [0.15, 0.2) is 18.2 Å². The van der Waals surface area contributed by atoms with Crippen molar-refractivity contribution in [3.8, 4) is 0 Å². The Kier molecular flexibility index (Phi) is 3.19. The van der Waals surface area contributed by atoms with Gasteiger partial charge in [-0.2, -0.15) is 0 Å². The molecule has 19 heavy (non-hydrogen) atoms. The van der Waals surface area contributed by atoms with Crippen molar-refractivity contribution in [3.63, 3.8) is 0 Å². The monoisotopic (exact) mass is 260 g/mol. The third kappa shape index (κ3) is 2.32. The molecule has 0 aromatic heterocycles. The van der Waals surface area contributed by atoms with Crippen LogP contribution >= 0.6 is 0 Å². The Hall–Kier alpha value is -1.55. The van der Waals surface area contributed by atoms with Gasteiger partial charge in [-0.25, -0.2) is 4.79 Å². The van der Waals surface area contributed by atoms with E-state index in [0.717, 1.165) is 23.7 Å². The normalized spacial score (nSPS) is 29.2. The minimum atomic E-state index is -0.852. The van der Waals surface area contributed by atoms with E-state index in [9.17, 15) is 4.79 Å². The van der Waals surface area contributed by atoms with Gasteiger partial charge in [0, 0.05) is 18.3 Å². The van der Waals surface area contributed by atoms with Gasteiger partial charge in [-0.1, -0.05) is 6.07 Å². The molecule has 102 valence electrons. The van der Waals surface area contributed by atoms with Gasteiger partial charge in [0.05, 0.1) is 5.56 Å². The van der Waals surface area contributed by atoms with Crippen LogP contribution in [0.4, 0.5) is 5.69 Å². The lowest BCUT2D eigenvalue weighted by atomic mass is 9.84. The lowest BCUT2D eigenvalue weighted by Gasteiger charge is -2.45. The van der Waals surface area contributed by atoms with Crippen molar-refractivity contribution in [2.45, 2.75) is 25.8 Å². The maximum atomic E-state index is 11.2. The molecule has 1 unspecified atom stereocenters. The first-order chi connectivity index (χ1) is 9.15. The van der Waals surface area contributed by atoms with Gasteiger partial charge in [0.2, 0.25) is 0 Å². The number of carbonyl (C=O) groups is 1. The first kappa shape index (κ1) is 12.5. The van der Waals surface area contributed by atoms with E-state index in [4.69, 9.17) is 5.11 Å². The molecule has 4 rings (SSSR count). The van der Waals surface area contributed by atoms with E-state index in [0.29, 0.717) is 11.6 Å². The number of hydrogen-bond acceptors (Lipinski definition) is 3. The Morgan fingerprint density at radius 2 is 2.11 bits per heavy atom. The molecule has 0 aliphatic carbocycles. The predicted molar refractivity (Wildman–Crippen MR) is 74.7 cm³/mol. The Bertz CT molecular complexity index is 493. The number of aromatic carboxylic acids is 1. The highest BCUT2D eigenvalue weighted by Gasteiger charge is 2.34. The Labute approximate surface area is 113 Å². The summed E-state index contributed by atoms with van der Waals surface area (Å²) in [6.07, 6.45) is 2.52. The largest absolute Gasteiger partial charge is 0.478 e. The van der Waals surface area contributed by atoms with E-state index >= 15 is 0 Å². The maximum absolute atomic E-state index is 11.2. The number of anilines is 1. The van der Waals surface area contributed by atoms with Crippen LogP contribution in [-0.4, -0.2) is 41.7 Å². The minimum Gasteiger partial charge on any atom is -0.478 e. The summed E-state index contributed by atoms with van der Waals surface area (Å²) in [4.78, 5) is 13.7. The second kappa shape index (κ2) is 4.85. The summed E-state index contributed by atoms with van der Waals surface area (Å²) < 4.78 is 0. The van der Waals surface area contributed by atoms with E-state index in [1.807, 2.05) is 19.1 Å². The molecule has 3 aliphatic heterocycles. The zero-order valence-electron chi connectivity index (χ0n) is 11.2. The van der Waals surface area contributed by atoms with Gasteiger partial charge in [0.1, 0.15) is 0 Å². The minimum absolute atomic E-state index is 0.395. The van der Waals surface area contributed by atoms with Gasteiger partial charge < -0.3 is 15.3 Å². The summed E-state index contributed by atoms with van der Waals surface area (Å²) in [5.41, 5.74) is 2.20. The van der Waals surface area contributed by atoms with Gasteiger partial charge >= 0.3 is 5.97 Å². The summed E-state index contributed by atoms with van der Waals surface area (Å²) in [5.74, 6) is -0.118. The van der Waals surface area contributed by atoms with Crippen LogP contribution in [-0.2, 0) is 0 Å². The number of piperidine rings is 3. The number of carboxylic acid groups (broad SMARTS) is 1. The highest BCUT2D eigenvalue weighted by atomic mass is 16.4. The number of nitrogens with zero attached hydrogens (tertiary/aromatic N) is 1. The molecular formula is C15H20N2O2. The molecule has 2 bridgehead atoms. The molecule has 3 aliphatic rings. The second-order valence-electron chi connectivity index (χ2n) is 5.67. The summed E-state index contributed by atoms with van der Waals surface area (Å²) in [5, 5.41) is 12.7. The number of nitrogens with one attached hydrogen (secondary N) is 1. The summed E-state index contributed by atoms with van der Waals surface area (Å²) >= 11 is 0. The third-order valence-electron chi connectivity index (χ3n) is 4.56. The van der Waals surface area contributed by atoms with Crippen molar-refractivity contribution >= 4 is 11.7 Å². The van der Waals surface area contributed by atoms with Crippen LogP contribution in [0.25, 0.3) is 0 Å². The highest BCUT2D eigenvalue weighted by molar-refractivity contribution is 5.91. The van der Waals surface area contributed by atoms with Crippen LogP contribution in [0.1, 0.15) is 28.8 Å². The molecule has 4 heteroatoms. The Morgan fingerprint density at radius 3 is 2.68 bits per heavy atom. The third-order valence-corrected chi connectivity index (χ3v) is 4.56. The molecular weight excluding hydrogens is 240 g/mol. The van der Waals surface area contributed by atoms with E-state index < -0.39 is 5.97 Å². The molecule has 0 spiro atoms. The molecule has 3 fully saturated rings. The molecule has 0 amide bonds. The van der Waals surface area contributed by atoms with Crippen LogP contribution in [0.5, 0.6) is 0 Å². The van der Waals surface area contributed by atoms with Gasteiger partial charge in [-0.15, -0.1) is 0 Å². The van der Waals surface area contributed by atoms with Gasteiger partial charge in [-0.05, 0) is 56.5 Å². The number of carboxylic acids is 1. The Morgan fingerprint density at radius 1 is 1.37 bits per heavy atom. The molecule has 0 saturated carbocycles. The molecule has 3 heterocycles. The van der Waals surface area contributed by atoms with Crippen molar-refractivity contribution in [2.24, 2.45) is 5.92 Å². The van der Waals surface area contributed by atoms with E-state index in [1.165, 1.54) is 25.9 Å². The summed E-state index contributed by atoms with van der Waals surface area (Å²) in [6, 6.07) is 5.93. The Balaban J connectivity index is 1.80. The van der Waals surface area contributed by atoms with Crippen LogP contribution < -0.4 is 5.32 Å². The van der Waals surface area contributed by atoms with Gasteiger partial charge in [0.15, 0.2) is 0 Å². The first-order valence-electron chi connectivity index (χ1n) is 6.97. The number of fused-ring (bicyclic) bond motifs is 3. The maximum Gasteiger partial charge on any atom is 0.336 e. The number of rotatable bonds is 3. The van der Waals surface area contributed by atoms with Crippen LogP contribution in [0.2, 0.25) is 0 Å². The van der Waals surface area contributed by atoms with Gasteiger partial charge in [-0.3, -0.25) is 0 Å². The van der Waals surface area contributed by atoms with Crippen molar-refractivity contribution < 1.29 is 9.90 Å². The van der Waals surface area contributed by atoms with Crippen LogP contribution in [0.3, 0.4) is 0 Å². The van der Waals surface area contributed by atoms with Crippen molar-refractivity contribution in [1.29, 1.82) is 0 Å². The van der Waals surface area contributed by atoms with E-state index in [-0.39, 0.29) is 0 Å². The summed E-state index contributed by atoms with van der Waals surface area (Å²) in [7, 11) is 0. The predicted octanol–water partition coefficient (Wildman–Crippen LogP) is 2.20. The molecule has 1 aromatic carbocycles. The van der Waals surface area contributed by atoms with Crippen molar-refractivity contribution in [2.75, 3.05) is 25.0 Å². The van der Waals surface area contributed by atoms with Crippen molar-refractivity contribution in [1.82, 2.24) is 4.90 Å². The zero-order chi connectivity index (χ0) is 13.4. The van der Waals surface area contributed by atoms with E-state index in [2.05, 4.69) is 10.2 Å². The zero-order valence-corrected chi connectivity index (χ0v) is 11.2. The molecule has 4 nitrogen and oxygen atoms in total. The average molecular weight is 260 g/mol. The molecule has 1 atom stereocenters.